The summed E-state index contributed by atoms with van der Waals surface area (Å²) in [5, 5.41) is 3.47. The van der Waals surface area contributed by atoms with Gasteiger partial charge in [-0.25, -0.2) is 0 Å². The number of hydrogen-bond acceptors (Lipinski definition) is 3. The third kappa shape index (κ3) is 16.6. The second-order valence-corrected chi connectivity index (χ2v) is 8.50. The van der Waals surface area contributed by atoms with Gasteiger partial charge in [0.25, 0.3) is 10.1 Å². The number of hydrogen-bond donors (Lipinski definition) is 2. The Labute approximate surface area is 161 Å². The quantitative estimate of drug-likeness (QED) is 0.331. The Morgan fingerprint density at radius 2 is 1.31 bits per heavy atom. The highest BCUT2D eigenvalue weighted by atomic mass is 32.2. The molecule has 1 aromatic rings. The fourth-order valence-electron chi connectivity index (χ4n) is 2.60. The molecule has 0 saturated heterocycles. The number of rotatable bonds is 13. The molecule has 152 valence electrons. The Bertz CT molecular complexity index is 515. The number of benzene rings is 1. The van der Waals surface area contributed by atoms with Crippen molar-refractivity contribution in [3.63, 3.8) is 0 Å². The molecule has 1 aromatic carbocycles. The summed E-state index contributed by atoms with van der Waals surface area (Å²) in [7, 11) is -4.00. The van der Waals surface area contributed by atoms with Crippen molar-refractivity contribution in [1.29, 1.82) is 0 Å². The molecule has 0 aromatic heterocycles. The van der Waals surface area contributed by atoms with Gasteiger partial charge in [0.2, 0.25) is 0 Å². The maximum Gasteiger partial charge on any atom is 0.294 e. The van der Waals surface area contributed by atoms with Gasteiger partial charge in [0, 0.05) is 6.04 Å². The SMILES string of the molecule is CCCCCCCCCCCCNC(C)C.O=S(=O)(O)c1ccccc1. The van der Waals surface area contributed by atoms with E-state index in [-0.39, 0.29) is 4.90 Å². The molecule has 1 rings (SSSR count). The number of nitrogens with one attached hydrogen (secondary N) is 1. The molecule has 0 heterocycles. The molecule has 0 aliphatic heterocycles. The van der Waals surface area contributed by atoms with Gasteiger partial charge in [-0.3, -0.25) is 4.55 Å². The number of unbranched alkanes of at least 4 members (excludes halogenated alkanes) is 9. The predicted octanol–water partition coefficient (Wildman–Crippen LogP) is 5.84. The molecule has 4 nitrogen and oxygen atoms in total. The van der Waals surface area contributed by atoms with Crippen molar-refractivity contribution in [2.24, 2.45) is 0 Å². The van der Waals surface area contributed by atoms with E-state index >= 15 is 0 Å². The molecule has 5 heteroatoms. The monoisotopic (exact) mass is 385 g/mol. The van der Waals surface area contributed by atoms with Crippen LogP contribution in [0.1, 0.15) is 85.0 Å². The summed E-state index contributed by atoms with van der Waals surface area (Å²) >= 11 is 0. The van der Waals surface area contributed by atoms with E-state index < -0.39 is 10.1 Å². The van der Waals surface area contributed by atoms with Crippen LogP contribution in [0.25, 0.3) is 0 Å². The van der Waals surface area contributed by atoms with Crippen molar-refractivity contribution in [2.45, 2.75) is 95.9 Å². The molecule has 0 unspecified atom stereocenters. The third-order valence-corrected chi connectivity index (χ3v) is 4.99. The zero-order valence-corrected chi connectivity index (χ0v) is 17.7. The van der Waals surface area contributed by atoms with Crippen LogP contribution in [0.4, 0.5) is 0 Å². The van der Waals surface area contributed by atoms with Crippen LogP contribution >= 0.6 is 0 Å². The van der Waals surface area contributed by atoms with Crippen LogP contribution in [0.15, 0.2) is 35.2 Å². The predicted molar refractivity (Wildman–Crippen MR) is 111 cm³/mol. The van der Waals surface area contributed by atoms with Crippen LogP contribution < -0.4 is 5.32 Å². The fraction of sp³-hybridized carbons (Fsp3) is 0.714. The van der Waals surface area contributed by atoms with Crippen LogP contribution in [0.3, 0.4) is 0 Å². The van der Waals surface area contributed by atoms with Crippen LogP contribution in [-0.4, -0.2) is 25.6 Å². The first-order chi connectivity index (χ1) is 12.4. The summed E-state index contributed by atoms with van der Waals surface area (Å²) in [4.78, 5) is -0.0741. The van der Waals surface area contributed by atoms with E-state index in [0.717, 1.165) is 0 Å². The summed E-state index contributed by atoms with van der Waals surface area (Å²) in [5.41, 5.74) is 0. The molecule has 0 aliphatic rings. The van der Waals surface area contributed by atoms with Gasteiger partial charge in [0.15, 0.2) is 0 Å². The molecular formula is C21H39NO3S. The molecule has 0 atom stereocenters. The summed E-state index contributed by atoms with van der Waals surface area (Å²) in [6, 6.07) is 8.07. The van der Waals surface area contributed by atoms with Gasteiger partial charge in [0.1, 0.15) is 0 Å². The molecule has 0 amide bonds. The second-order valence-electron chi connectivity index (χ2n) is 7.08. The molecule has 0 bridgehead atoms. The molecular weight excluding hydrogens is 346 g/mol. The van der Waals surface area contributed by atoms with Gasteiger partial charge in [-0.2, -0.15) is 8.42 Å². The van der Waals surface area contributed by atoms with Crippen LogP contribution in [0, 0.1) is 0 Å². The van der Waals surface area contributed by atoms with Gasteiger partial charge in [-0.05, 0) is 25.1 Å². The van der Waals surface area contributed by atoms with E-state index in [0.29, 0.717) is 6.04 Å². The first kappa shape index (κ1) is 25.1. The van der Waals surface area contributed by atoms with E-state index in [2.05, 4.69) is 26.1 Å². The lowest BCUT2D eigenvalue weighted by molar-refractivity contribution is 0.483. The van der Waals surface area contributed by atoms with Crippen molar-refractivity contribution in [1.82, 2.24) is 5.32 Å². The zero-order chi connectivity index (χ0) is 19.7. The fourth-order valence-corrected chi connectivity index (χ4v) is 3.10. The largest absolute Gasteiger partial charge is 0.315 e. The second kappa shape index (κ2) is 16.3. The van der Waals surface area contributed by atoms with Gasteiger partial charge in [-0.15, -0.1) is 0 Å². The lowest BCUT2D eigenvalue weighted by atomic mass is 10.1. The van der Waals surface area contributed by atoms with E-state index in [1.807, 2.05) is 0 Å². The van der Waals surface area contributed by atoms with Crippen molar-refractivity contribution in [2.75, 3.05) is 6.54 Å². The highest BCUT2D eigenvalue weighted by molar-refractivity contribution is 7.85. The topological polar surface area (TPSA) is 66.4 Å². The lowest BCUT2D eigenvalue weighted by Gasteiger charge is -2.07. The highest BCUT2D eigenvalue weighted by Crippen LogP contribution is 2.10. The van der Waals surface area contributed by atoms with Crippen molar-refractivity contribution in [3.05, 3.63) is 30.3 Å². The zero-order valence-electron chi connectivity index (χ0n) is 16.9. The van der Waals surface area contributed by atoms with Crippen molar-refractivity contribution < 1.29 is 13.0 Å². The summed E-state index contributed by atoms with van der Waals surface area (Å²) in [6.45, 7) is 7.92. The van der Waals surface area contributed by atoms with Gasteiger partial charge in [0.05, 0.1) is 4.90 Å². The first-order valence-electron chi connectivity index (χ1n) is 10.1. The molecule has 26 heavy (non-hydrogen) atoms. The summed E-state index contributed by atoms with van der Waals surface area (Å²) < 4.78 is 29.2. The molecule has 0 fully saturated rings. The minimum atomic E-state index is -4.00. The van der Waals surface area contributed by atoms with Gasteiger partial charge >= 0.3 is 0 Å². The Balaban J connectivity index is 0.000000531. The average Bonchev–Trinajstić information content (AvgIpc) is 2.60. The van der Waals surface area contributed by atoms with Crippen molar-refractivity contribution in [3.8, 4) is 0 Å². The molecule has 0 radical (unpaired) electrons. The Kier molecular flexibility index (Phi) is 15.7. The van der Waals surface area contributed by atoms with E-state index in [4.69, 9.17) is 4.55 Å². The van der Waals surface area contributed by atoms with E-state index in [1.54, 1.807) is 18.2 Å². The molecule has 2 N–H and O–H groups in total. The maximum atomic E-state index is 10.4. The Hall–Kier alpha value is -0.910. The third-order valence-electron chi connectivity index (χ3n) is 4.12. The molecule has 0 saturated carbocycles. The van der Waals surface area contributed by atoms with Crippen molar-refractivity contribution >= 4 is 10.1 Å². The Morgan fingerprint density at radius 3 is 1.69 bits per heavy atom. The minimum absolute atomic E-state index is 0.0741. The molecule has 0 aliphatic carbocycles. The van der Waals surface area contributed by atoms with E-state index in [9.17, 15) is 8.42 Å². The lowest BCUT2D eigenvalue weighted by Crippen LogP contribution is -2.23. The highest BCUT2D eigenvalue weighted by Gasteiger charge is 2.05. The average molecular weight is 386 g/mol. The van der Waals surface area contributed by atoms with Gasteiger partial charge < -0.3 is 5.32 Å². The standard InChI is InChI=1S/C15H33N.C6H6O3S/c1-4-5-6-7-8-9-10-11-12-13-14-16-15(2)3;7-10(8,9)6-4-2-1-3-5-6/h15-16H,4-14H2,1-3H3;1-5H,(H,7,8,9). The first-order valence-corrected chi connectivity index (χ1v) is 11.6. The summed E-state index contributed by atoms with van der Waals surface area (Å²) in [5.74, 6) is 0. The van der Waals surface area contributed by atoms with Crippen LogP contribution in [0.5, 0.6) is 0 Å². The normalized spacial score (nSPS) is 11.3. The van der Waals surface area contributed by atoms with Crippen LogP contribution in [0.2, 0.25) is 0 Å². The van der Waals surface area contributed by atoms with E-state index in [1.165, 1.54) is 82.9 Å². The maximum absolute atomic E-state index is 10.4. The van der Waals surface area contributed by atoms with Gasteiger partial charge in [-0.1, -0.05) is 96.8 Å². The minimum Gasteiger partial charge on any atom is -0.315 e. The summed E-state index contributed by atoms with van der Waals surface area (Å²) in [6.07, 6.45) is 14.3. The molecule has 0 spiro atoms. The van der Waals surface area contributed by atoms with Crippen LogP contribution in [-0.2, 0) is 10.1 Å². The Morgan fingerprint density at radius 1 is 0.846 bits per heavy atom. The smallest absolute Gasteiger partial charge is 0.294 e.